The summed E-state index contributed by atoms with van der Waals surface area (Å²) in [5.74, 6) is 5.04. The van der Waals surface area contributed by atoms with Gasteiger partial charge in [-0.2, -0.15) is 0 Å². The molecule has 116 valence electrons. The van der Waals surface area contributed by atoms with Crippen LogP contribution in [0.3, 0.4) is 0 Å². The Kier molecular flexibility index (Phi) is 6.17. The van der Waals surface area contributed by atoms with E-state index in [1.165, 1.54) is 18.5 Å². The highest BCUT2D eigenvalue weighted by Crippen LogP contribution is 2.14. The van der Waals surface area contributed by atoms with Crippen LogP contribution in [-0.2, 0) is 17.8 Å². The third kappa shape index (κ3) is 4.81. The molecule has 3 N–H and O–H groups in total. The summed E-state index contributed by atoms with van der Waals surface area (Å²) in [7, 11) is 0. The van der Waals surface area contributed by atoms with Crippen molar-refractivity contribution in [1.82, 2.24) is 15.2 Å². The molecule has 0 saturated carbocycles. The van der Waals surface area contributed by atoms with Gasteiger partial charge in [0.15, 0.2) is 0 Å². The monoisotopic (exact) mass is 290 g/mol. The van der Waals surface area contributed by atoms with Gasteiger partial charge in [-0.25, -0.2) is 5.84 Å². The number of hydrogen-bond donors (Lipinski definition) is 2. The summed E-state index contributed by atoms with van der Waals surface area (Å²) in [5, 5.41) is 0. The van der Waals surface area contributed by atoms with E-state index in [-0.39, 0.29) is 5.91 Å². The van der Waals surface area contributed by atoms with Crippen molar-refractivity contribution in [3.8, 4) is 0 Å². The Morgan fingerprint density at radius 3 is 2.38 bits per heavy atom. The van der Waals surface area contributed by atoms with Crippen LogP contribution in [0.4, 0.5) is 0 Å². The summed E-state index contributed by atoms with van der Waals surface area (Å²) < 4.78 is 0. The highest BCUT2D eigenvalue weighted by molar-refractivity contribution is 5.78. The van der Waals surface area contributed by atoms with E-state index in [2.05, 4.69) is 28.2 Å². The number of carbonyl (C=O) groups excluding carboxylic acids is 1. The summed E-state index contributed by atoms with van der Waals surface area (Å²) in [6.45, 7) is 8.80. The first-order chi connectivity index (χ1) is 10.2. The number of nitrogens with two attached hydrogens (primary N) is 1. The van der Waals surface area contributed by atoms with Crippen LogP contribution in [0.5, 0.6) is 0 Å². The molecule has 0 spiro atoms. The zero-order valence-electron chi connectivity index (χ0n) is 12.8. The van der Waals surface area contributed by atoms with Crippen molar-refractivity contribution >= 4 is 5.91 Å². The maximum atomic E-state index is 11.5. The van der Waals surface area contributed by atoms with E-state index in [0.717, 1.165) is 38.3 Å². The Morgan fingerprint density at radius 1 is 1.14 bits per heavy atom. The second kappa shape index (κ2) is 8.12. The zero-order valence-corrected chi connectivity index (χ0v) is 12.8. The van der Waals surface area contributed by atoms with Crippen molar-refractivity contribution in [1.29, 1.82) is 0 Å². The molecule has 21 heavy (non-hydrogen) atoms. The van der Waals surface area contributed by atoms with E-state index in [0.29, 0.717) is 6.42 Å². The van der Waals surface area contributed by atoms with E-state index >= 15 is 0 Å². The smallest absolute Gasteiger partial charge is 0.238 e. The fourth-order valence-electron chi connectivity index (χ4n) is 2.84. The van der Waals surface area contributed by atoms with Gasteiger partial charge < -0.3 is 4.90 Å². The first kappa shape index (κ1) is 15.9. The number of piperazine rings is 1. The number of benzene rings is 1. The van der Waals surface area contributed by atoms with Gasteiger partial charge in [0.05, 0.1) is 6.42 Å². The third-order valence-electron chi connectivity index (χ3n) is 4.03. The van der Waals surface area contributed by atoms with Crippen LogP contribution in [0, 0.1) is 0 Å². The predicted octanol–water partition coefficient (Wildman–Crippen LogP) is 0.747. The van der Waals surface area contributed by atoms with E-state index in [1.54, 1.807) is 0 Å². The molecule has 1 aliphatic rings. The molecule has 0 radical (unpaired) electrons. The topological polar surface area (TPSA) is 61.6 Å². The molecule has 5 heteroatoms. The molecular formula is C16H26N4O. The van der Waals surface area contributed by atoms with E-state index in [9.17, 15) is 4.79 Å². The Bertz CT molecular complexity index is 455. The Balaban J connectivity index is 1.92. The average molecular weight is 290 g/mol. The molecule has 5 nitrogen and oxygen atoms in total. The quantitative estimate of drug-likeness (QED) is 0.461. The summed E-state index contributed by atoms with van der Waals surface area (Å²) in [4.78, 5) is 16.5. The maximum absolute atomic E-state index is 11.5. The molecule has 1 heterocycles. The molecule has 1 fully saturated rings. The van der Waals surface area contributed by atoms with Gasteiger partial charge in [0.25, 0.3) is 0 Å². The molecular weight excluding hydrogens is 264 g/mol. The lowest BCUT2D eigenvalue weighted by atomic mass is 10.0. The van der Waals surface area contributed by atoms with Crippen LogP contribution in [-0.4, -0.2) is 48.4 Å². The van der Waals surface area contributed by atoms with Crippen molar-refractivity contribution in [3.05, 3.63) is 35.4 Å². The molecule has 2 rings (SSSR count). The number of hydrazine groups is 1. The molecule has 1 aromatic rings. The van der Waals surface area contributed by atoms with Gasteiger partial charge in [-0.15, -0.1) is 0 Å². The Hall–Kier alpha value is -1.43. The second-order valence-electron chi connectivity index (χ2n) is 5.63. The zero-order chi connectivity index (χ0) is 15.1. The second-order valence-corrected chi connectivity index (χ2v) is 5.63. The largest absolute Gasteiger partial charge is 0.301 e. The Morgan fingerprint density at radius 2 is 1.76 bits per heavy atom. The van der Waals surface area contributed by atoms with Crippen molar-refractivity contribution in [2.75, 3.05) is 32.7 Å². The number of nitrogens with zero attached hydrogens (tertiary/aromatic N) is 2. The van der Waals surface area contributed by atoms with Crippen LogP contribution >= 0.6 is 0 Å². The first-order valence-electron chi connectivity index (χ1n) is 7.74. The van der Waals surface area contributed by atoms with Gasteiger partial charge in [0, 0.05) is 32.7 Å². The SMILES string of the molecule is CCCN1CCN(Cc2ccccc2CC(=O)NN)CC1. The lowest BCUT2D eigenvalue weighted by Gasteiger charge is -2.34. The van der Waals surface area contributed by atoms with Crippen molar-refractivity contribution in [2.45, 2.75) is 26.3 Å². The van der Waals surface area contributed by atoms with E-state index in [4.69, 9.17) is 5.84 Å². The van der Waals surface area contributed by atoms with Crippen LogP contribution < -0.4 is 11.3 Å². The molecule has 0 aromatic heterocycles. The van der Waals surface area contributed by atoms with E-state index < -0.39 is 0 Å². The minimum Gasteiger partial charge on any atom is -0.301 e. The van der Waals surface area contributed by atoms with Crippen LogP contribution in [0.15, 0.2) is 24.3 Å². The lowest BCUT2D eigenvalue weighted by Crippen LogP contribution is -2.46. The van der Waals surface area contributed by atoms with E-state index in [1.807, 2.05) is 18.2 Å². The number of rotatable bonds is 6. The van der Waals surface area contributed by atoms with Crippen LogP contribution in [0.2, 0.25) is 0 Å². The molecule has 0 aliphatic carbocycles. The van der Waals surface area contributed by atoms with Crippen molar-refractivity contribution in [2.24, 2.45) is 5.84 Å². The van der Waals surface area contributed by atoms with Gasteiger partial charge in [-0.1, -0.05) is 31.2 Å². The lowest BCUT2D eigenvalue weighted by molar-refractivity contribution is -0.120. The molecule has 1 aromatic carbocycles. The number of amides is 1. The molecule has 0 unspecified atom stereocenters. The van der Waals surface area contributed by atoms with Gasteiger partial charge in [0.1, 0.15) is 0 Å². The normalized spacial score (nSPS) is 16.9. The fraction of sp³-hybridized carbons (Fsp3) is 0.562. The van der Waals surface area contributed by atoms with Crippen LogP contribution in [0.25, 0.3) is 0 Å². The predicted molar refractivity (Wildman–Crippen MR) is 84.5 cm³/mol. The fourth-order valence-corrected chi connectivity index (χ4v) is 2.84. The summed E-state index contributed by atoms with van der Waals surface area (Å²) >= 11 is 0. The Labute approximate surface area is 127 Å². The minimum absolute atomic E-state index is 0.143. The third-order valence-corrected chi connectivity index (χ3v) is 4.03. The molecule has 1 aliphatic heterocycles. The van der Waals surface area contributed by atoms with Gasteiger partial charge in [-0.3, -0.25) is 15.1 Å². The first-order valence-corrected chi connectivity index (χ1v) is 7.74. The minimum atomic E-state index is -0.143. The maximum Gasteiger partial charge on any atom is 0.238 e. The highest BCUT2D eigenvalue weighted by atomic mass is 16.2. The average Bonchev–Trinajstić information content (AvgIpc) is 2.51. The number of nitrogens with one attached hydrogen (secondary N) is 1. The molecule has 1 amide bonds. The highest BCUT2D eigenvalue weighted by Gasteiger charge is 2.17. The number of carbonyl (C=O) groups is 1. The van der Waals surface area contributed by atoms with Crippen molar-refractivity contribution < 1.29 is 4.79 Å². The van der Waals surface area contributed by atoms with Crippen LogP contribution in [0.1, 0.15) is 24.5 Å². The number of hydrogen-bond acceptors (Lipinski definition) is 4. The molecule has 0 atom stereocenters. The summed E-state index contributed by atoms with van der Waals surface area (Å²) in [6.07, 6.45) is 1.57. The van der Waals surface area contributed by atoms with Crippen molar-refractivity contribution in [3.63, 3.8) is 0 Å². The van der Waals surface area contributed by atoms with Gasteiger partial charge in [-0.05, 0) is 24.1 Å². The van der Waals surface area contributed by atoms with Gasteiger partial charge in [0.2, 0.25) is 5.91 Å². The summed E-state index contributed by atoms with van der Waals surface area (Å²) in [5.41, 5.74) is 4.50. The summed E-state index contributed by atoms with van der Waals surface area (Å²) in [6, 6.07) is 8.13. The molecule has 1 saturated heterocycles. The van der Waals surface area contributed by atoms with Gasteiger partial charge >= 0.3 is 0 Å². The standard InChI is InChI=1S/C16H26N4O/c1-2-7-19-8-10-20(11-9-19)13-15-6-4-3-5-14(15)12-16(21)18-17/h3-6H,2,7-13,17H2,1H3,(H,18,21). The molecule has 0 bridgehead atoms.